The van der Waals surface area contributed by atoms with Gasteiger partial charge in [0.05, 0.1) is 6.10 Å². The molecule has 1 aromatic rings. The van der Waals surface area contributed by atoms with Gasteiger partial charge in [0, 0.05) is 0 Å². The van der Waals surface area contributed by atoms with Crippen molar-refractivity contribution in [2.24, 2.45) is 0 Å². The maximum Gasteiger partial charge on any atom is 0.192 e. The van der Waals surface area contributed by atoms with E-state index in [0.717, 1.165) is 5.56 Å². The molecule has 0 saturated carbocycles. The fourth-order valence-corrected chi connectivity index (χ4v) is 3.27. The Morgan fingerprint density at radius 3 is 2.19 bits per heavy atom. The summed E-state index contributed by atoms with van der Waals surface area (Å²) >= 11 is 0. The van der Waals surface area contributed by atoms with E-state index < -0.39 is 20.5 Å². The third kappa shape index (κ3) is 7.60. The van der Waals surface area contributed by atoms with Gasteiger partial charge in [-0.15, -0.1) is 0 Å². The standard InChI is InChI=1S/C22H30O3Si/c1-18(25-26(5,6)22(2,3)4)21(24)15-11-10-14-20(23)17-16-19-12-8-7-9-13-19/h7-9,12-13,16-18,20-21,23-24H,1-6H3/b17-16+. The topological polar surface area (TPSA) is 49.7 Å². The molecule has 4 heteroatoms. The van der Waals surface area contributed by atoms with Gasteiger partial charge in [0.15, 0.2) is 8.32 Å². The highest BCUT2D eigenvalue weighted by Crippen LogP contribution is 2.37. The van der Waals surface area contributed by atoms with Crippen molar-refractivity contribution in [3.05, 3.63) is 42.0 Å². The summed E-state index contributed by atoms with van der Waals surface area (Å²) < 4.78 is 6.11. The van der Waals surface area contributed by atoms with E-state index in [2.05, 4.69) is 57.5 Å². The highest BCUT2D eigenvalue weighted by atomic mass is 28.4. The van der Waals surface area contributed by atoms with Gasteiger partial charge < -0.3 is 14.6 Å². The van der Waals surface area contributed by atoms with Gasteiger partial charge in [0.25, 0.3) is 0 Å². The third-order valence-corrected chi connectivity index (χ3v) is 9.08. The van der Waals surface area contributed by atoms with Crippen molar-refractivity contribution in [2.45, 2.75) is 64.1 Å². The summed E-state index contributed by atoms with van der Waals surface area (Å²) in [5.74, 6) is 10.5. The predicted molar refractivity (Wildman–Crippen MR) is 111 cm³/mol. The second-order valence-corrected chi connectivity index (χ2v) is 12.5. The number of aliphatic hydroxyl groups excluding tert-OH is 2. The first-order valence-corrected chi connectivity index (χ1v) is 11.7. The van der Waals surface area contributed by atoms with Crippen LogP contribution in [-0.2, 0) is 4.43 Å². The van der Waals surface area contributed by atoms with Gasteiger partial charge in [-0.3, -0.25) is 0 Å². The lowest BCUT2D eigenvalue weighted by Crippen LogP contribution is -2.45. The lowest BCUT2D eigenvalue weighted by molar-refractivity contribution is 0.0751. The van der Waals surface area contributed by atoms with Crippen molar-refractivity contribution in [1.29, 1.82) is 0 Å². The average molecular weight is 371 g/mol. The normalized spacial score (nSPS) is 15.4. The maximum absolute atomic E-state index is 10.1. The molecule has 0 aliphatic heterocycles. The average Bonchev–Trinajstić information content (AvgIpc) is 2.56. The van der Waals surface area contributed by atoms with E-state index in [9.17, 15) is 10.2 Å². The molecule has 140 valence electrons. The van der Waals surface area contributed by atoms with Crippen molar-refractivity contribution < 1.29 is 14.6 Å². The molecule has 2 N–H and O–H groups in total. The van der Waals surface area contributed by atoms with Crippen LogP contribution in [0.3, 0.4) is 0 Å². The van der Waals surface area contributed by atoms with Crippen LogP contribution in [0, 0.1) is 23.7 Å². The van der Waals surface area contributed by atoms with E-state index >= 15 is 0 Å². The number of rotatable bonds is 5. The van der Waals surface area contributed by atoms with Crippen molar-refractivity contribution in [3.8, 4) is 23.7 Å². The highest BCUT2D eigenvalue weighted by Gasteiger charge is 2.39. The summed E-state index contributed by atoms with van der Waals surface area (Å²) in [5, 5.41) is 20.0. The van der Waals surface area contributed by atoms with E-state index in [-0.39, 0.29) is 11.1 Å². The van der Waals surface area contributed by atoms with Crippen LogP contribution >= 0.6 is 0 Å². The lowest BCUT2D eigenvalue weighted by atomic mass is 10.2. The molecular formula is C22H30O3Si. The van der Waals surface area contributed by atoms with E-state index in [1.54, 1.807) is 12.2 Å². The molecule has 0 aliphatic carbocycles. The van der Waals surface area contributed by atoms with Gasteiger partial charge in [-0.25, -0.2) is 0 Å². The van der Waals surface area contributed by atoms with E-state index in [1.165, 1.54) is 0 Å². The van der Waals surface area contributed by atoms with Crippen molar-refractivity contribution in [1.82, 2.24) is 0 Å². The minimum atomic E-state index is -1.95. The fraction of sp³-hybridized carbons (Fsp3) is 0.455. The predicted octanol–water partition coefficient (Wildman–Crippen LogP) is 3.84. The largest absolute Gasteiger partial charge is 0.411 e. The smallest absolute Gasteiger partial charge is 0.192 e. The SMILES string of the molecule is CC(O[Si](C)(C)C(C)(C)C)C(O)C#CC#CC(O)/C=C/c1ccccc1. The van der Waals surface area contributed by atoms with Crippen LogP contribution in [0.4, 0.5) is 0 Å². The summed E-state index contributed by atoms with van der Waals surface area (Å²) in [6.07, 6.45) is 1.21. The van der Waals surface area contributed by atoms with Gasteiger partial charge in [0.2, 0.25) is 0 Å². The number of hydrogen-bond acceptors (Lipinski definition) is 3. The van der Waals surface area contributed by atoms with Crippen LogP contribution in [0.15, 0.2) is 36.4 Å². The Bertz CT molecular complexity index is 709. The van der Waals surface area contributed by atoms with Crippen LogP contribution in [0.2, 0.25) is 18.1 Å². The van der Waals surface area contributed by atoms with Gasteiger partial charge in [-0.05, 0) is 48.5 Å². The first kappa shape index (κ1) is 22.2. The molecule has 3 nitrogen and oxygen atoms in total. The number of aliphatic hydroxyl groups is 2. The zero-order valence-electron chi connectivity index (χ0n) is 16.6. The minimum Gasteiger partial charge on any atom is -0.411 e. The van der Waals surface area contributed by atoms with Crippen molar-refractivity contribution in [2.75, 3.05) is 0 Å². The molecule has 1 rings (SSSR count). The molecule has 1 aromatic carbocycles. The molecule has 3 atom stereocenters. The van der Waals surface area contributed by atoms with E-state index in [4.69, 9.17) is 4.43 Å². The Balaban J connectivity index is 2.59. The summed E-state index contributed by atoms with van der Waals surface area (Å²) in [6, 6.07) is 9.67. The Morgan fingerprint density at radius 1 is 1.04 bits per heavy atom. The van der Waals surface area contributed by atoms with Gasteiger partial charge in [0.1, 0.15) is 12.2 Å². The molecule has 0 saturated heterocycles. The van der Waals surface area contributed by atoms with Crippen molar-refractivity contribution in [3.63, 3.8) is 0 Å². The summed E-state index contributed by atoms with van der Waals surface area (Å²) in [4.78, 5) is 0. The molecule has 0 aliphatic rings. The van der Waals surface area contributed by atoms with Crippen LogP contribution in [-0.4, -0.2) is 36.8 Å². The first-order chi connectivity index (χ1) is 12.0. The second kappa shape index (κ2) is 9.76. The quantitative estimate of drug-likeness (QED) is 0.612. The fourth-order valence-electron chi connectivity index (χ4n) is 1.86. The molecule has 0 heterocycles. The van der Waals surface area contributed by atoms with E-state index in [1.807, 2.05) is 37.3 Å². The molecule has 0 radical (unpaired) electrons. The number of benzene rings is 1. The molecule has 3 unspecified atom stereocenters. The van der Waals surface area contributed by atoms with Gasteiger partial charge >= 0.3 is 0 Å². The minimum absolute atomic E-state index is 0.0728. The zero-order valence-corrected chi connectivity index (χ0v) is 17.6. The van der Waals surface area contributed by atoms with E-state index in [0.29, 0.717) is 0 Å². The number of hydrogen-bond donors (Lipinski definition) is 2. The van der Waals surface area contributed by atoms with Crippen LogP contribution in [0.5, 0.6) is 0 Å². The maximum atomic E-state index is 10.1. The molecule has 0 fully saturated rings. The lowest BCUT2D eigenvalue weighted by Gasteiger charge is -2.38. The second-order valence-electron chi connectivity index (χ2n) is 7.78. The Hall–Kier alpha value is -1.82. The molecular weight excluding hydrogens is 340 g/mol. The Kier molecular flexibility index (Phi) is 8.34. The monoisotopic (exact) mass is 370 g/mol. The molecule has 0 amide bonds. The van der Waals surface area contributed by atoms with Crippen molar-refractivity contribution >= 4 is 14.4 Å². The molecule has 0 spiro atoms. The summed E-state index contributed by atoms with van der Waals surface area (Å²) in [5.41, 5.74) is 0.992. The van der Waals surface area contributed by atoms with Crippen LogP contribution in [0.25, 0.3) is 6.08 Å². The first-order valence-electron chi connectivity index (χ1n) is 8.81. The van der Waals surface area contributed by atoms with Crippen LogP contribution < -0.4 is 0 Å². The molecule has 0 aromatic heterocycles. The Morgan fingerprint density at radius 2 is 1.62 bits per heavy atom. The molecule has 0 bridgehead atoms. The highest BCUT2D eigenvalue weighted by molar-refractivity contribution is 6.74. The summed E-state index contributed by atoms with van der Waals surface area (Å²) in [6.45, 7) is 12.6. The Labute approximate surface area is 159 Å². The zero-order chi connectivity index (χ0) is 19.8. The van der Waals surface area contributed by atoms with Gasteiger partial charge in [-0.1, -0.05) is 69.0 Å². The molecule has 26 heavy (non-hydrogen) atoms. The third-order valence-electron chi connectivity index (χ3n) is 4.50. The summed E-state index contributed by atoms with van der Waals surface area (Å²) in [7, 11) is -1.95. The van der Waals surface area contributed by atoms with Crippen LogP contribution in [0.1, 0.15) is 33.3 Å². The van der Waals surface area contributed by atoms with Gasteiger partial charge in [-0.2, -0.15) is 0 Å².